The molecule has 0 fully saturated rings. The molecule has 2 unspecified atom stereocenters. The summed E-state index contributed by atoms with van der Waals surface area (Å²) in [6, 6.07) is 0. The van der Waals surface area contributed by atoms with Crippen molar-refractivity contribution in [3.63, 3.8) is 0 Å². The summed E-state index contributed by atoms with van der Waals surface area (Å²) in [5.41, 5.74) is 0. The standard InChI is InChI=1S/C21H45NO7P/c1-7-9-11-13-16-26-20(18-27-21(23)14-12-10-8-2)19-29-30(24,25-6)28-17-15-22(3,4)5/h20H,7-19H2,1-6H3/q+1. The number of unbranched alkanes of at least 4 members (excludes halogenated alkanes) is 5. The molecule has 0 amide bonds. The van der Waals surface area contributed by atoms with Crippen LogP contribution in [0.1, 0.15) is 65.2 Å². The number of likely N-dealkylation sites (N-methyl/N-ethyl adjacent to an activating group) is 1. The van der Waals surface area contributed by atoms with Crippen LogP contribution in [0, 0.1) is 0 Å². The molecule has 0 saturated carbocycles. The van der Waals surface area contributed by atoms with Crippen molar-refractivity contribution in [1.82, 2.24) is 0 Å². The normalized spacial score (nSPS) is 15.0. The molecule has 0 aromatic carbocycles. The number of quaternary nitrogens is 1. The molecule has 0 heterocycles. The number of rotatable bonds is 20. The van der Waals surface area contributed by atoms with Gasteiger partial charge in [-0.25, -0.2) is 4.57 Å². The first-order valence-corrected chi connectivity index (χ1v) is 12.6. The highest BCUT2D eigenvalue weighted by atomic mass is 31.2. The molecular weight excluding hydrogens is 409 g/mol. The summed E-state index contributed by atoms with van der Waals surface area (Å²) in [7, 11) is 3.64. The molecule has 0 aromatic rings. The fraction of sp³-hybridized carbons (Fsp3) is 0.952. The lowest BCUT2D eigenvalue weighted by atomic mass is 10.2. The summed E-state index contributed by atoms with van der Waals surface area (Å²) < 4.78 is 40.3. The Morgan fingerprint density at radius 1 is 0.900 bits per heavy atom. The summed E-state index contributed by atoms with van der Waals surface area (Å²) >= 11 is 0. The average Bonchev–Trinajstić information content (AvgIpc) is 2.68. The van der Waals surface area contributed by atoms with Gasteiger partial charge in [-0.15, -0.1) is 0 Å². The number of phosphoric acid groups is 1. The molecule has 0 bridgehead atoms. The van der Waals surface area contributed by atoms with E-state index in [1.807, 2.05) is 21.1 Å². The maximum atomic E-state index is 12.7. The van der Waals surface area contributed by atoms with Crippen LogP contribution in [0.2, 0.25) is 0 Å². The molecule has 0 rings (SSSR count). The van der Waals surface area contributed by atoms with E-state index in [0.29, 0.717) is 24.1 Å². The quantitative estimate of drug-likeness (QED) is 0.115. The van der Waals surface area contributed by atoms with E-state index in [1.165, 1.54) is 7.11 Å². The van der Waals surface area contributed by atoms with Crippen LogP contribution in [0.15, 0.2) is 0 Å². The number of esters is 1. The van der Waals surface area contributed by atoms with E-state index in [-0.39, 0.29) is 25.8 Å². The van der Waals surface area contributed by atoms with Gasteiger partial charge in [0.05, 0.1) is 27.7 Å². The zero-order chi connectivity index (χ0) is 22.9. The van der Waals surface area contributed by atoms with Gasteiger partial charge in [-0.3, -0.25) is 18.4 Å². The van der Waals surface area contributed by atoms with Crippen LogP contribution in [-0.2, 0) is 32.4 Å². The molecule has 30 heavy (non-hydrogen) atoms. The van der Waals surface area contributed by atoms with Crippen molar-refractivity contribution in [1.29, 1.82) is 0 Å². The highest BCUT2D eigenvalue weighted by Crippen LogP contribution is 2.48. The molecule has 8 nitrogen and oxygen atoms in total. The molecule has 2 atom stereocenters. The molecule has 0 spiro atoms. The van der Waals surface area contributed by atoms with Crippen molar-refractivity contribution in [2.24, 2.45) is 0 Å². The number of hydrogen-bond donors (Lipinski definition) is 0. The van der Waals surface area contributed by atoms with Gasteiger partial charge in [-0.1, -0.05) is 46.0 Å². The number of hydrogen-bond acceptors (Lipinski definition) is 7. The lowest BCUT2D eigenvalue weighted by molar-refractivity contribution is -0.870. The number of nitrogens with zero attached hydrogens (tertiary/aromatic N) is 1. The molecular formula is C21H45NO7P+. The molecule has 0 saturated heterocycles. The molecule has 9 heteroatoms. The minimum Gasteiger partial charge on any atom is -0.463 e. The van der Waals surface area contributed by atoms with Crippen molar-refractivity contribution in [2.45, 2.75) is 71.3 Å². The van der Waals surface area contributed by atoms with Crippen molar-refractivity contribution in [3.8, 4) is 0 Å². The molecule has 0 aliphatic heterocycles. The van der Waals surface area contributed by atoms with E-state index < -0.39 is 13.9 Å². The highest BCUT2D eigenvalue weighted by Gasteiger charge is 2.28. The van der Waals surface area contributed by atoms with Crippen LogP contribution in [0.5, 0.6) is 0 Å². The van der Waals surface area contributed by atoms with Gasteiger partial charge in [0.2, 0.25) is 0 Å². The first-order valence-electron chi connectivity index (χ1n) is 11.2. The van der Waals surface area contributed by atoms with Crippen LogP contribution in [0.3, 0.4) is 0 Å². The third-order valence-corrected chi connectivity index (χ3v) is 5.83. The lowest BCUT2D eigenvalue weighted by Gasteiger charge is -2.25. The number of carbonyl (C=O) groups is 1. The SMILES string of the molecule is CCCCCCOC(COC(=O)CCCCC)COP(=O)(OC)OCC[N+](C)(C)C. The third-order valence-electron chi connectivity index (χ3n) is 4.42. The Hall–Kier alpha value is -0.500. The van der Waals surface area contributed by atoms with Crippen molar-refractivity contribution < 1.29 is 36.9 Å². The predicted octanol–water partition coefficient (Wildman–Crippen LogP) is 4.57. The van der Waals surface area contributed by atoms with Gasteiger partial charge in [0.25, 0.3) is 0 Å². The second-order valence-corrected chi connectivity index (χ2v) is 10.2. The minimum absolute atomic E-state index is 0.0362. The van der Waals surface area contributed by atoms with E-state index in [4.69, 9.17) is 23.0 Å². The Bertz CT molecular complexity index is 482. The Balaban J connectivity index is 4.58. The van der Waals surface area contributed by atoms with Gasteiger partial charge in [0.15, 0.2) is 0 Å². The molecule has 0 aliphatic rings. The Morgan fingerprint density at radius 3 is 2.17 bits per heavy atom. The zero-order valence-corrected chi connectivity index (χ0v) is 20.9. The third kappa shape index (κ3) is 17.2. The maximum Gasteiger partial charge on any atom is 0.474 e. The summed E-state index contributed by atoms with van der Waals surface area (Å²) in [4.78, 5) is 11.9. The van der Waals surface area contributed by atoms with Crippen molar-refractivity contribution in [2.75, 3.05) is 61.2 Å². The molecule has 0 aromatic heterocycles. The van der Waals surface area contributed by atoms with Gasteiger partial charge in [0.1, 0.15) is 25.9 Å². The van der Waals surface area contributed by atoms with Crippen LogP contribution in [0.25, 0.3) is 0 Å². The van der Waals surface area contributed by atoms with Crippen molar-refractivity contribution >= 4 is 13.8 Å². The molecule has 0 radical (unpaired) electrons. The maximum absolute atomic E-state index is 12.7. The van der Waals surface area contributed by atoms with E-state index in [0.717, 1.165) is 44.9 Å². The fourth-order valence-corrected chi connectivity index (χ4v) is 3.38. The van der Waals surface area contributed by atoms with E-state index in [1.54, 1.807) is 0 Å². The molecule has 0 aliphatic carbocycles. The van der Waals surface area contributed by atoms with E-state index in [2.05, 4.69) is 13.8 Å². The summed E-state index contributed by atoms with van der Waals surface area (Å²) in [5.74, 6) is -0.253. The van der Waals surface area contributed by atoms with Gasteiger partial charge < -0.3 is 14.0 Å². The van der Waals surface area contributed by atoms with Crippen molar-refractivity contribution in [3.05, 3.63) is 0 Å². The topological polar surface area (TPSA) is 80.3 Å². The minimum atomic E-state index is -3.69. The summed E-state index contributed by atoms with van der Waals surface area (Å²) in [6.07, 6.45) is 7.01. The predicted molar refractivity (Wildman–Crippen MR) is 118 cm³/mol. The second-order valence-electron chi connectivity index (χ2n) is 8.47. The lowest BCUT2D eigenvalue weighted by Crippen LogP contribution is -2.37. The first-order chi connectivity index (χ1) is 14.2. The second kappa shape index (κ2) is 17.1. The van der Waals surface area contributed by atoms with Gasteiger partial charge in [-0.05, 0) is 12.8 Å². The Kier molecular flexibility index (Phi) is 16.8. The van der Waals surface area contributed by atoms with Crippen LogP contribution in [0.4, 0.5) is 0 Å². The first kappa shape index (κ1) is 29.5. The Morgan fingerprint density at radius 2 is 1.57 bits per heavy atom. The average molecular weight is 455 g/mol. The van der Waals surface area contributed by atoms with Crippen LogP contribution in [-0.4, -0.2) is 77.8 Å². The summed E-state index contributed by atoms with van der Waals surface area (Å²) in [6.45, 7) is 5.68. The van der Waals surface area contributed by atoms with E-state index in [9.17, 15) is 9.36 Å². The molecule has 0 N–H and O–H groups in total. The Labute approximate surface area is 183 Å². The number of carbonyl (C=O) groups excluding carboxylic acids is 1. The van der Waals surface area contributed by atoms with E-state index >= 15 is 0 Å². The highest BCUT2D eigenvalue weighted by molar-refractivity contribution is 7.48. The van der Waals surface area contributed by atoms with Crippen LogP contribution < -0.4 is 0 Å². The van der Waals surface area contributed by atoms with Gasteiger partial charge in [-0.2, -0.15) is 0 Å². The zero-order valence-electron chi connectivity index (χ0n) is 20.0. The van der Waals surface area contributed by atoms with Crippen LogP contribution >= 0.6 is 7.82 Å². The summed E-state index contributed by atoms with van der Waals surface area (Å²) in [5, 5.41) is 0. The monoisotopic (exact) mass is 454 g/mol. The smallest absolute Gasteiger partial charge is 0.463 e. The fourth-order valence-electron chi connectivity index (χ4n) is 2.44. The number of ether oxygens (including phenoxy) is 2. The largest absolute Gasteiger partial charge is 0.474 e. The molecule has 180 valence electrons. The van der Waals surface area contributed by atoms with Gasteiger partial charge >= 0.3 is 13.8 Å². The number of phosphoric ester groups is 1. The van der Waals surface area contributed by atoms with Gasteiger partial charge in [0, 0.05) is 20.1 Å².